The monoisotopic (exact) mass is 444 g/mol. The molecule has 5 heteroatoms. The fourth-order valence-electron chi connectivity index (χ4n) is 4.61. The molecule has 156 valence electrons. The highest BCUT2D eigenvalue weighted by molar-refractivity contribution is 7.80. The number of aromatic nitrogens is 2. The van der Waals surface area contributed by atoms with Gasteiger partial charge in [-0.3, -0.25) is 9.97 Å². The molecule has 2 aromatic heterocycles. The minimum absolute atomic E-state index is 0.845. The molecule has 0 saturated heterocycles. The van der Waals surface area contributed by atoms with E-state index >= 15 is 0 Å². The van der Waals surface area contributed by atoms with Gasteiger partial charge in [0, 0.05) is 54.4 Å². The molecule has 2 aliphatic heterocycles. The van der Waals surface area contributed by atoms with Crippen LogP contribution in [0.4, 0.5) is 0 Å². The number of benzene rings is 3. The lowest BCUT2D eigenvalue weighted by Gasteiger charge is -2.36. The second kappa shape index (κ2) is 7.26. The second-order valence-corrected chi connectivity index (χ2v) is 10.0. The molecule has 33 heavy (non-hydrogen) atoms. The minimum Gasteiger partial charge on any atom is -0.455 e. The summed E-state index contributed by atoms with van der Waals surface area (Å²) in [6, 6.07) is 27.1. The normalized spacial score (nSPS) is 13.2. The topological polar surface area (TPSA) is 44.2 Å². The van der Waals surface area contributed by atoms with Crippen molar-refractivity contribution in [3.8, 4) is 45.3 Å². The third-order valence-corrected chi connectivity index (χ3v) is 8.62. The molecule has 0 unspecified atom stereocenters. The van der Waals surface area contributed by atoms with E-state index in [4.69, 9.17) is 9.47 Å². The molecular weight excluding hydrogens is 427 g/mol. The number of rotatable bonds is 2. The van der Waals surface area contributed by atoms with E-state index in [0.717, 1.165) is 50.6 Å². The Morgan fingerprint density at radius 2 is 0.970 bits per heavy atom. The number of pyridine rings is 2. The predicted octanol–water partition coefficient (Wildman–Crippen LogP) is 5.78. The quantitative estimate of drug-likeness (QED) is 0.317. The second-order valence-electron chi connectivity index (χ2n) is 7.92. The molecule has 0 aliphatic carbocycles. The molecule has 0 atom stereocenters. The smallest absolute Gasteiger partial charge is 0.143 e. The number of fused-ring (bicyclic) bond motifs is 4. The van der Waals surface area contributed by atoms with E-state index in [-0.39, 0.29) is 0 Å². The van der Waals surface area contributed by atoms with Crippen molar-refractivity contribution in [2.24, 2.45) is 0 Å². The molecule has 5 aromatic rings. The van der Waals surface area contributed by atoms with Gasteiger partial charge in [0.25, 0.3) is 0 Å². The standard InChI is InChI=1S/C28H17N2O2P/c1-4-20(18-10-14-29-15-11-18)26-24(8-1)33-25-9-2-5-21(19-12-16-30-17-13-19)27(25)32-23-7-3-6-22(31-26)28(23)33/h1-17H. The van der Waals surface area contributed by atoms with Crippen LogP contribution in [0, 0.1) is 0 Å². The van der Waals surface area contributed by atoms with Crippen LogP contribution in [-0.4, -0.2) is 9.97 Å². The van der Waals surface area contributed by atoms with E-state index in [1.54, 1.807) is 0 Å². The maximum atomic E-state index is 6.55. The maximum Gasteiger partial charge on any atom is 0.143 e. The summed E-state index contributed by atoms with van der Waals surface area (Å²) in [6.07, 6.45) is 7.28. The van der Waals surface area contributed by atoms with Crippen molar-refractivity contribution in [1.82, 2.24) is 9.97 Å². The van der Waals surface area contributed by atoms with E-state index in [9.17, 15) is 0 Å². The summed E-state index contributed by atoms with van der Waals surface area (Å²) in [5.74, 6) is 3.57. The summed E-state index contributed by atoms with van der Waals surface area (Å²) in [7, 11) is -0.845. The largest absolute Gasteiger partial charge is 0.455 e. The van der Waals surface area contributed by atoms with Gasteiger partial charge in [-0.15, -0.1) is 0 Å². The third kappa shape index (κ3) is 2.81. The number of hydrogen-bond acceptors (Lipinski definition) is 4. The Morgan fingerprint density at radius 1 is 0.515 bits per heavy atom. The van der Waals surface area contributed by atoms with Crippen molar-refractivity contribution in [3.63, 3.8) is 0 Å². The molecule has 0 amide bonds. The van der Waals surface area contributed by atoms with Crippen molar-refractivity contribution < 1.29 is 9.47 Å². The summed E-state index contributed by atoms with van der Waals surface area (Å²) >= 11 is 0. The Hall–Kier alpha value is -4.01. The van der Waals surface area contributed by atoms with Crippen LogP contribution in [0.25, 0.3) is 22.3 Å². The lowest BCUT2D eigenvalue weighted by molar-refractivity contribution is 0.468. The van der Waals surface area contributed by atoms with Gasteiger partial charge < -0.3 is 9.47 Å². The highest BCUT2D eigenvalue weighted by atomic mass is 31.1. The number of ether oxygens (including phenoxy) is 2. The van der Waals surface area contributed by atoms with E-state index in [1.807, 2.05) is 67.3 Å². The number of para-hydroxylation sites is 2. The van der Waals surface area contributed by atoms with Crippen LogP contribution < -0.4 is 25.4 Å². The third-order valence-electron chi connectivity index (χ3n) is 6.06. The summed E-state index contributed by atoms with van der Waals surface area (Å²) in [5, 5.41) is 3.55. The molecule has 0 bridgehead atoms. The van der Waals surface area contributed by atoms with Crippen LogP contribution in [0.5, 0.6) is 23.0 Å². The van der Waals surface area contributed by atoms with Crippen molar-refractivity contribution in [2.45, 2.75) is 0 Å². The van der Waals surface area contributed by atoms with Crippen LogP contribution in [-0.2, 0) is 0 Å². The van der Waals surface area contributed by atoms with Gasteiger partial charge in [0.2, 0.25) is 0 Å². The average Bonchev–Trinajstić information content (AvgIpc) is 2.89. The molecule has 0 saturated carbocycles. The molecule has 4 nitrogen and oxygen atoms in total. The van der Waals surface area contributed by atoms with Crippen LogP contribution >= 0.6 is 7.92 Å². The molecule has 3 aromatic carbocycles. The van der Waals surface area contributed by atoms with Gasteiger partial charge in [0.1, 0.15) is 23.0 Å². The summed E-state index contributed by atoms with van der Waals surface area (Å²) in [5.41, 5.74) is 4.34. The van der Waals surface area contributed by atoms with Crippen LogP contribution in [0.15, 0.2) is 104 Å². The highest BCUT2D eigenvalue weighted by Crippen LogP contribution is 2.55. The Morgan fingerprint density at radius 3 is 1.45 bits per heavy atom. The van der Waals surface area contributed by atoms with Gasteiger partial charge in [-0.2, -0.15) is 0 Å². The zero-order chi connectivity index (χ0) is 21.8. The predicted molar refractivity (Wildman–Crippen MR) is 132 cm³/mol. The Labute approximate surface area is 192 Å². The first kappa shape index (κ1) is 18.6. The van der Waals surface area contributed by atoms with Crippen molar-refractivity contribution in [1.29, 1.82) is 0 Å². The van der Waals surface area contributed by atoms with Crippen LogP contribution in [0.3, 0.4) is 0 Å². The van der Waals surface area contributed by atoms with E-state index in [1.165, 1.54) is 10.6 Å². The molecule has 0 fully saturated rings. The fraction of sp³-hybridized carbons (Fsp3) is 0. The average molecular weight is 444 g/mol. The van der Waals surface area contributed by atoms with Crippen molar-refractivity contribution in [3.05, 3.63) is 104 Å². The minimum atomic E-state index is -0.845. The summed E-state index contributed by atoms with van der Waals surface area (Å²) < 4.78 is 13.1. The van der Waals surface area contributed by atoms with E-state index in [0.29, 0.717) is 0 Å². The first-order chi connectivity index (χ1) is 16.4. The van der Waals surface area contributed by atoms with Gasteiger partial charge in [-0.1, -0.05) is 42.5 Å². The Kier molecular flexibility index (Phi) is 4.08. The first-order valence-corrected chi connectivity index (χ1v) is 12.1. The highest BCUT2D eigenvalue weighted by Gasteiger charge is 2.38. The lowest BCUT2D eigenvalue weighted by Crippen LogP contribution is -2.32. The molecule has 2 aliphatic rings. The van der Waals surface area contributed by atoms with Crippen LogP contribution in [0.1, 0.15) is 0 Å². The molecule has 7 rings (SSSR count). The molecule has 0 N–H and O–H groups in total. The van der Waals surface area contributed by atoms with Gasteiger partial charge in [-0.25, -0.2) is 0 Å². The zero-order valence-corrected chi connectivity index (χ0v) is 18.4. The lowest BCUT2D eigenvalue weighted by atomic mass is 10.1. The molecular formula is C28H17N2O2P. The maximum absolute atomic E-state index is 6.55. The van der Waals surface area contributed by atoms with Crippen molar-refractivity contribution in [2.75, 3.05) is 0 Å². The van der Waals surface area contributed by atoms with E-state index < -0.39 is 7.92 Å². The number of nitrogens with zero attached hydrogens (tertiary/aromatic N) is 2. The molecule has 4 heterocycles. The number of hydrogen-bond donors (Lipinski definition) is 0. The SMILES string of the molecule is c1cc2c3c(c1)Oc1c(-c4ccncc4)cccc1P3c1cccc(-c3ccncc3)c1O2. The van der Waals surface area contributed by atoms with Gasteiger partial charge in [-0.05, 0) is 47.5 Å². The summed E-state index contributed by atoms with van der Waals surface area (Å²) in [6.45, 7) is 0. The summed E-state index contributed by atoms with van der Waals surface area (Å²) in [4.78, 5) is 8.36. The zero-order valence-electron chi connectivity index (χ0n) is 17.5. The van der Waals surface area contributed by atoms with Gasteiger partial charge >= 0.3 is 0 Å². The Balaban J connectivity index is 1.50. The molecule has 0 spiro atoms. The van der Waals surface area contributed by atoms with Crippen LogP contribution in [0.2, 0.25) is 0 Å². The van der Waals surface area contributed by atoms with Crippen molar-refractivity contribution >= 4 is 23.8 Å². The molecule has 0 radical (unpaired) electrons. The first-order valence-electron chi connectivity index (χ1n) is 10.7. The van der Waals surface area contributed by atoms with Gasteiger partial charge in [0.15, 0.2) is 0 Å². The van der Waals surface area contributed by atoms with Gasteiger partial charge in [0.05, 0.1) is 5.30 Å². The Bertz CT molecular complexity index is 1410. The fourth-order valence-corrected chi connectivity index (χ4v) is 7.24. The van der Waals surface area contributed by atoms with E-state index in [2.05, 4.69) is 46.4 Å².